The summed E-state index contributed by atoms with van der Waals surface area (Å²) in [7, 11) is 0. The molecule has 2 aliphatic rings. The predicted molar refractivity (Wildman–Crippen MR) is 247 cm³/mol. The molecule has 2 aromatic heterocycles. The lowest BCUT2D eigenvalue weighted by molar-refractivity contribution is 0.660. The third-order valence-electron chi connectivity index (χ3n) is 13.8. The highest BCUT2D eigenvalue weighted by Gasteiger charge is 2.49. The predicted octanol–water partition coefficient (Wildman–Crippen LogP) is 15.5. The third-order valence-corrected chi connectivity index (χ3v) is 13.8. The monoisotopic (exact) mass is 766 g/mol. The Hall–Kier alpha value is -7.42. The first-order valence-electron chi connectivity index (χ1n) is 20.9. The van der Waals surface area contributed by atoms with E-state index in [0.29, 0.717) is 0 Å². The Morgan fingerprint density at radius 2 is 0.967 bits per heavy atom. The van der Waals surface area contributed by atoms with Crippen molar-refractivity contribution in [1.29, 1.82) is 0 Å². The number of rotatable bonds is 4. The summed E-state index contributed by atoms with van der Waals surface area (Å²) in [6, 6.07) is 71.1. The fourth-order valence-electron chi connectivity index (χ4n) is 11.1. The molecule has 0 atom stereocenters. The molecule has 0 fully saturated rings. The molecule has 0 aliphatic heterocycles. The zero-order valence-electron chi connectivity index (χ0n) is 33.3. The smallest absolute Gasteiger partial charge is 0.144 e. The molecule has 2 nitrogen and oxygen atoms in total. The molecule has 0 spiro atoms. The fourth-order valence-corrected chi connectivity index (χ4v) is 11.1. The number of hydrogen-bond donors (Lipinski definition) is 0. The summed E-state index contributed by atoms with van der Waals surface area (Å²) >= 11 is 0. The average Bonchev–Trinajstić information content (AvgIpc) is 4.02. The van der Waals surface area contributed by atoms with Crippen LogP contribution in [0.5, 0.6) is 0 Å². The lowest BCUT2D eigenvalue weighted by Crippen LogP contribution is -2.28. The van der Waals surface area contributed by atoms with E-state index < -0.39 is 5.41 Å². The highest BCUT2D eigenvalue weighted by Crippen LogP contribution is 2.62. The van der Waals surface area contributed by atoms with Gasteiger partial charge in [0.05, 0.1) is 5.41 Å². The van der Waals surface area contributed by atoms with E-state index in [1.54, 1.807) is 0 Å². The minimum atomic E-state index is -0.653. The van der Waals surface area contributed by atoms with Crippen LogP contribution < -0.4 is 0 Å². The normalized spacial score (nSPS) is 14.4. The van der Waals surface area contributed by atoms with E-state index >= 15 is 0 Å². The van der Waals surface area contributed by atoms with E-state index in [-0.39, 0.29) is 5.41 Å². The van der Waals surface area contributed by atoms with Gasteiger partial charge in [0.1, 0.15) is 22.3 Å². The van der Waals surface area contributed by atoms with Crippen LogP contribution in [-0.4, -0.2) is 0 Å². The van der Waals surface area contributed by atoms with Crippen LogP contribution >= 0.6 is 0 Å². The second-order valence-electron chi connectivity index (χ2n) is 17.1. The minimum Gasteiger partial charge on any atom is -0.456 e. The van der Waals surface area contributed by atoms with Gasteiger partial charge in [-0.05, 0) is 103 Å². The van der Waals surface area contributed by atoms with Crippen LogP contribution in [0.25, 0.3) is 88.4 Å². The van der Waals surface area contributed by atoms with Crippen LogP contribution in [0.3, 0.4) is 0 Å². The second kappa shape index (κ2) is 12.1. The molecule has 13 rings (SSSR count). The molecule has 0 unspecified atom stereocenters. The van der Waals surface area contributed by atoms with Crippen LogP contribution in [0.4, 0.5) is 0 Å². The molecule has 2 heteroatoms. The Labute approximate surface area is 348 Å². The van der Waals surface area contributed by atoms with Crippen molar-refractivity contribution in [3.05, 3.63) is 228 Å². The topological polar surface area (TPSA) is 26.3 Å². The molecule has 0 saturated heterocycles. The molecule has 2 aliphatic carbocycles. The van der Waals surface area contributed by atoms with Crippen LogP contribution in [-0.2, 0) is 10.8 Å². The van der Waals surface area contributed by atoms with Crippen LogP contribution in [0.15, 0.2) is 203 Å². The molecule has 282 valence electrons. The van der Waals surface area contributed by atoms with E-state index in [4.69, 9.17) is 8.83 Å². The molecule has 0 N–H and O–H groups in total. The quantitative estimate of drug-likeness (QED) is 0.178. The van der Waals surface area contributed by atoms with E-state index in [2.05, 4.69) is 208 Å². The molecule has 0 saturated carbocycles. The van der Waals surface area contributed by atoms with Gasteiger partial charge < -0.3 is 8.83 Å². The first kappa shape index (κ1) is 33.5. The zero-order chi connectivity index (χ0) is 39.7. The fraction of sp³-hybridized carbons (Fsp3) is 0.0690. The highest BCUT2D eigenvalue weighted by molar-refractivity contribution is 6.23. The summed E-state index contributed by atoms with van der Waals surface area (Å²) in [5, 5.41) is 4.46. The van der Waals surface area contributed by atoms with Crippen molar-refractivity contribution in [2.24, 2.45) is 0 Å². The van der Waals surface area contributed by atoms with Gasteiger partial charge in [-0.1, -0.05) is 172 Å². The van der Waals surface area contributed by atoms with Crippen molar-refractivity contribution >= 4 is 43.9 Å². The standard InChI is InChI=1S/C58H38O2/c1-57(2)45-25-12-9-22-40(45)41-29-28-36(33-47(41)57)35-16-15-17-37(32-35)44-34-48-55(56-52(44)42-23-10-14-27-50(42)60-56)54-46(30-31-51-53(54)43-24-11-13-26-49(43)59-51)58(48,38-18-5-3-6-19-38)39-20-7-4-8-21-39/h3-34H,1-2H3. The number of para-hydroxylation sites is 2. The zero-order valence-corrected chi connectivity index (χ0v) is 33.3. The maximum absolute atomic E-state index is 7.21. The first-order valence-corrected chi connectivity index (χ1v) is 20.9. The SMILES string of the molecule is CC1(C)c2ccccc2-c2ccc(-c3cccc(-c4cc5c(c6oc7ccccc7c46)-c4c(ccc6oc7ccccc7c46)C5(c4ccccc4)c4ccccc4)c3)cc21. The van der Waals surface area contributed by atoms with Crippen molar-refractivity contribution in [2.45, 2.75) is 24.7 Å². The van der Waals surface area contributed by atoms with Crippen molar-refractivity contribution in [3.63, 3.8) is 0 Å². The number of hydrogen-bond acceptors (Lipinski definition) is 2. The summed E-state index contributed by atoms with van der Waals surface area (Å²) in [4.78, 5) is 0. The van der Waals surface area contributed by atoms with Crippen LogP contribution in [0, 0.1) is 0 Å². The summed E-state index contributed by atoms with van der Waals surface area (Å²) in [5.74, 6) is 0. The molecule has 9 aromatic carbocycles. The summed E-state index contributed by atoms with van der Waals surface area (Å²) in [5.41, 5.74) is 20.1. The lowest BCUT2D eigenvalue weighted by atomic mass is 9.67. The van der Waals surface area contributed by atoms with Gasteiger partial charge in [0, 0.05) is 38.1 Å². The number of benzene rings is 9. The van der Waals surface area contributed by atoms with E-state index in [9.17, 15) is 0 Å². The van der Waals surface area contributed by atoms with E-state index in [0.717, 1.165) is 60.6 Å². The van der Waals surface area contributed by atoms with Crippen LogP contribution in [0.1, 0.15) is 47.2 Å². The van der Waals surface area contributed by atoms with Gasteiger partial charge >= 0.3 is 0 Å². The largest absolute Gasteiger partial charge is 0.456 e. The molecule has 0 amide bonds. The van der Waals surface area contributed by atoms with Crippen molar-refractivity contribution in [3.8, 4) is 44.5 Å². The van der Waals surface area contributed by atoms with Crippen molar-refractivity contribution < 1.29 is 8.83 Å². The molecular weight excluding hydrogens is 729 g/mol. The molecular formula is C58H38O2. The summed E-state index contributed by atoms with van der Waals surface area (Å²) < 4.78 is 13.8. The Balaban J connectivity index is 1.14. The van der Waals surface area contributed by atoms with Gasteiger partial charge in [0.15, 0.2) is 0 Å². The maximum Gasteiger partial charge on any atom is 0.144 e. The number of furan rings is 2. The van der Waals surface area contributed by atoms with Gasteiger partial charge in [-0.2, -0.15) is 0 Å². The van der Waals surface area contributed by atoms with Gasteiger partial charge in [-0.15, -0.1) is 0 Å². The second-order valence-corrected chi connectivity index (χ2v) is 17.1. The van der Waals surface area contributed by atoms with E-state index in [1.807, 2.05) is 0 Å². The molecule has 60 heavy (non-hydrogen) atoms. The first-order chi connectivity index (χ1) is 29.5. The highest BCUT2D eigenvalue weighted by atomic mass is 16.3. The maximum atomic E-state index is 7.21. The van der Waals surface area contributed by atoms with Crippen molar-refractivity contribution in [1.82, 2.24) is 0 Å². The molecule has 2 heterocycles. The van der Waals surface area contributed by atoms with Gasteiger partial charge in [0.25, 0.3) is 0 Å². The van der Waals surface area contributed by atoms with Crippen molar-refractivity contribution in [2.75, 3.05) is 0 Å². The Kier molecular flexibility index (Phi) is 6.74. The molecule has 0 bridgehead atoms. The summed E-state index contributed by atoms with van der Waals surface area (Å²) in [6.45, 7) is 4.71. The average molecular weight is 767 g/mol. The summed E-state index contributed by atoms with van der Waals surface area (Å²) in [6.07, 6.45) is 0. The minimum absolute atomic E-state index is 0.0830. The third kappa shape index (κ3) is 4.32. The van der Waals surface area contributed by atoms with Crippen LogP contribution in [0.2, 0.25) is 0 Å². The van der Waals surface area contributed by atoms with Gasteiger partial charge in [-0.25, -0.2) is 0 Å². The van der Waals surface area contributed by atoms with Gasteiger partial charge in [-0.3, -0.25) is 0 Å². The number of fused-ring (bicyclic) bond motifs is 14. The lowest BCUT2D eigenvalue weighted by Gasteiger charge is -2.34. The molecule has 0 radical (unpaired) electrons. The Bertz CT molecular complexity index is 3520. The van der Waals surface area contributed by atoms with Gasteiger partial charge in [0.2, 0.25) is 0 Å². The Morgan fingerprint density at radius 3 is 1.73 bits per heavy atom. The Morgan fingerprint density at radius 1 is 0.350 bits per heavy atom. The van der Waals surface area contributed by atoms with E-state index in [1.165, 1.54) is 61.2 Å². The molecule has 11 aromatic rings.